The smallest absolute Gasteiger partial charge is 0.225 e. The predicted octanol–water partition coefficient (Wildman–Crippen LogP) is 3.83. The molecule has 1 saturated heterocycles. The van der Waals surface area contributed by atoms with E-state index in [0.29, 0.717) is 17.9 Å². The summed E-state index contributed by atoms with van der Waals surface area (Å²) in [6.07, 6.45) is 10.2. The first-order valence-corrected chi connectivity index (χ1v) is 9.66. The van der Waals surface area contributed by atoms with Crippen molar-refractivity contribution in [3.8, 4) is 0 Å². The molecule has 0 spiro atoms. The van der Waals surface area contributed by atoms with Gasteiger partial charge >= 0.3 is 0 Å². The Morgan fingerprint density at radius 2 is 1.82 bits per heavy atom. The Hall–Kier alpha value is -0.570. The molecule has 1 heterocycles. The third-order valence-corrected chi connectivity index (χ3v) is 5.73. The highest BCUT2D eigenvalue weighted by Gasteiger charge is 2.30. The second kappa shape index (κ2) is 8.90. The number of carbonyl (C=O) groups excluding carboxylic acids is 1. The maximum atomic E-state index is 12.7. The molecule has 22 heavy (non-hydrogen) atoms. The number of hydrogen-bond donors (Lipinski definition) is 1. The molecule has 0 aromatic heterocycles. The van der Waals surface area contributed by atoms with Crippen LogP contribution in [0.2, 0.25) is 0 Å². The van der Waals surface area contributed by atoms with E-state index in [-0.39, 0.29) is 5.92 Å². The highest BCUT2D eigenvalue weighted by molar-refractivity contribution is 5.78. The Bertz CT molecular complexity index is 334. The lowest BCUT2D eigenvalue weighted by Gasteiger charge is -2.39. The van der Waals surface area contributed by atoms with Crippen LogP contribution in [0.25, 0.3) is 0 Å². The summed E-state index contributed by atoms with van der Waals surface area (Å²) in [6.45, 7) is 9.60. The van der Waals surface area contributed by atoms with Gasteiger partial charge in [-0.05, 0) is 50.5 Å². The van der Waals surface area contributed by atoms with Gasteiger partial charge in [-0.3, -0.25) is 4.79 Å². The molecule has 3 nitrogen and oxygen atoms in total. The van der Waals surface area contributed by atoms with Crippen molar-refractivity contribution < 1.29 is 4.79 Å². The van der Waals surface area contributed by atoms with Gasteiger partial charge in [0.1, 0.15) is 0 Å². The minimum atomic E-state index is 0.226. The van der Waals surface area contributed by atoms with E-state index < -0.39 is 0 Å². The Kier molecular flexibility index (Phi) is 7.20. The lowest BCUT2D eigenvalue weighted by Crippen LogP contribution is -2.52. The summed E-state index contributed by atoms with van der Waals surface area (Å²) in [4.78, 5) is 14.8. The van der Waals surface area contributed by atoms with Crippen molar-refractivity contribution >= 4 is 5.91 Å². The molecular weight excluding hydrogens is 272 g/mol. The zero-order valence-corrected chi connectivity index (χ0v) is 14.9. The van der Waals surface area contributed by atoms with Crippen LogP contribution < -0.4 is 5.32 Å². The van der Waals surface area contributed by atoms with Crippen molar-refractivity contribution in [3.63, 3.8) is 0 Å². The molecule has 0 aromatic rings. The number of piperidine rings is 1. The van der Waals surface area contributed by atoms with Crippen molar-refractivity contribution in [1.29, 1.82) is 0 Å². The van der Waals surface area contributed by atoms with Crippen LogP contribution in [0.4, 0.5) is 0 Å². The fourth-order valence-corrected chi connectivity index (χ4v) is 4.30. The SMILES string of the molecule is CCC(CC)C(=O)N1CC(C)CC(NCC2CCCCC2)C1. The standard InChI is InChI=1S/C19H36N2O/c1-4-17(5-2)19(22)21-13-15(3)11-18(14-21)20-12-16-9-7-6-8-10-16/h15-18,20H,4-14H2,1-3H3. The van der Waals surface area contributed by atoms with E-state index in [9.17, 15) is 4.79 Å². The van der Waals surface area contributed by atoms with E-state index in [2.05, 4.69) is 31.0 Å². The van der Waals surface area contributed by atoms with E-state index in [4.69, 9.17) is 0 Å². The fourth-order valence-electron chi connectivity index (χ4n) is 4.30. The minimum absolute atomic E-state index is 0.226. The fraction of sp³-hybridized carbons (Fsp3) is 0.947. The highest BCUT2D eigenvalue weighted by Crippen LogP contribution is 2.24. The molecule has 2 rings (SSSR count). The van der Waals surface area contributed by atoms with Crippen LogP contribution in [0.1, 0.15) is 72.1 Å². The summed E-state index contributed by atoms with van der Waals surface area (Å²) in [5.74, 6) is 2.11. The van der Waals surface area contributed by atoms with E-state index in [1.165, 1.54) is 38.5 Å². The average Bonchev–Trinajstić information content (AvgIpc) is 2.54. The van der Waals surface area contributed by atoms with Gasteiger partial charge in [-0.15, -0.1) is 0 Å². The zero-order valence-electron chi connectivity index (χ0n) is 14.9. The van der Waals surface area contributed by atoms with Crippen LogP contribution in [0.5, 0.6) is 0 Å². The molecule has 1 N–H and O–H groups in total. The first-order chi connectivity index (χ1) is 10.6. The van der Waals surface area contributed by atoms with Gasteiger partial charge in [0.2, 0.25) is 5.91 Å². The van der Waals surface area contributed by atoms with Gasteiger partial charge in [0.25, 0.3) is 0 Å². The van der Waals surface area contributed by atoms with Crippen LogP contribution in [0.15, 0.2) is 0 Å². The van der Waals surface area contributed by atoms with Gasteiger partial charge in [0, 0.05) is 25.0 Å². The molecule has 1 aliphatic carbocycles. The van der Waals surface area contributed by atoms with Crippen LogP contribution in [-0.4, -0.2) is 36.5 Å². The van der Waals surface area contributed by atoms with Crippen molar-refractivity contribution in [3.05, 3.63) is 0 Å². The summed E-state index contributed by atoms with van der Waals surface area (Å²) >= 11 is 0. The van der Waals surface area contributed by atoms with E-state index in [1.807, 2.05) is 0 Å². The van der Waals surface area contributed by atoms with Gasteiger partial charge in [0.15, 0.2) is 0 Å². The van der Waals surface area contributed by atoms with Crippen molar-refractivity contribution in [1.82, 2.24) is 10.2 Å². The quantitative estimate of drug-likeness (QED) is 0.809. The summed E-state index contributed by atoms with van der Waals surface area (Å²) in [7, 11) is 0. The molecule has 1 saturated carbocycles. The second-order valence-corrected chi connectivity index (χ2v) is 7.71. The maximum absolute atomic E-state index is 12.7. The first-order valence-electron chi connectivity index (χ1n) is 9.66. The van der Waals surface area contributed by atoms with Crippen molar-refractivity contribution in [2.45, 2.75) is 78.2 Å². The molecule has 3 heteroatoms. The molecular formula is C19H36N2O. The number of amides is 1. The molecule has 2 unspecified atom stereocenters. The molecule has 128 valence electrons. The Balaban J connectivity index is 1.83. The average molecular weight is 309 g/mol. The van der Waals surface area contributed by atoms with Gasteiger partial charge in [-0.25, -0.2) is 0 Å². The number of likely N-dealkylation sites (tertiary alicyclic amines) is 1. The monoisotopic (exact) mass is 308 g/mol. The van der Waals surface area contributed by atoms with Gasteiger partial charge in [0.05, 0.1) is 0 Å². The molecule has 0 bridgehead atoms. The zero-order chi connectivity index (χ0) is 15.9. The van der Waals surface area contributed by atoms with Crippen LogP contribution in [0, 0.1) is 17.8 Å². The largest absolute Gasteiger partial charge is 0.341 e. The summed E-state index contributed by atoms with van der Waals surface area (Å²) in [6, 6.07) is 0.504. The topological polar surface area (TPSA) is 32.3 Å². The van der Waals surface area contributed by atoms with Crippen molar-refractivity contribution in [2.75, 3.05) is 19.6 Å². The number of hydrogen-bond acceptors (Lipinski definition) is 2. The predicted molar refractivity (Wildman–Crippen MR) is 92.8 cm³/mol. The number of rotatable bonds is 6. The second-order valence-electron chi connectivity index (χ2n) is 7.71. The number of carbonyl (C=O) groups is 1. The molecule has 1 aliphatic heterocycles. The minimum Gasteiger partial charge on any atom is -0.341 e. The molecule has 1 amide bonds. The molecule has 0 radical (unpaired) electrons. The lowest BCUT2D eigenvalue weighted by atomic mass is 9.88. The van der Waals surface area contributed by atoms with Crippen molar-refractivity contribution in [2.24, 2.45) is 17.8 Å². The molecule has 2 aliphatic rings. The van der Waals surface area contributed by atoms with E-state index in [0.717, 1.165) is 38.4 Å². The summed E-state index contributed by atoms with van der Waals surface area (Å²) < 4.78 is 0. The Morgan fingerprint density at radius 1 is 1.14 bits per heavy atom. The maximum Gasteiger partial charge on any atom is 0.225 e. The van der Waals surface area contributed by atoms with Crippen LogP contribution in [-0.2, 0) is 4.79 Å². The first kappa shape index (κ1) is 17.8. The Labute approximate surface area is 137 Å². The number of nitrogens with one attached hydrogen (secondary N) is 1. The van der Waals surface area contributed by atoms with Gasteiger partial charge in [-0.2, -0.15) is 0 Å². The van der Waals surface area contributed by atoms with Crippen LogP contribution >= 0.6 is 0 Å². The number of nitrogens with zero attached hydrogens (tertiary/aromatic N) is 1. The Morgan fingerprint density at radius 3 is 2.45 bits per heavy atom. The molecule has 0 aromatic carbocycles. The summed E-state index contributed by atoms with van der Waals surface area (Å²) in [5, 5.41) is 3.79. The summed E-state index contributed by atoms with van der Waals surface area (Å²) in [5.41, 5.74) is 0. The van der Waals surface area contributed by atoms with Crippen LogP contribution in [0.3, 0.4) is 0 Å². The normalized spacial score (nSPS) is 27.4. The van der Waals surface area contributed by atoms with E-state index >= 15 is 0 Å². The highest BCUT2D eigenvalue weighted by atomic mass is 16.2. The van der Waals surface area contributed by atoms with Gasteiger partial charge in [-0.1, -0.05) is 40.0 Å². The van der Waals surface area contributed by atoms with Gasteiger partial charge < -0.3 is 10.2 Å². The lowest BCUT2D eigenvalue weighted by molar-refractivity contribution is -0.138. The third-order valence-electron chi connectivity index (χ3n) is 5.73. The molecule has 2 fully saturated rings. The molecule has 2 atom stereocenters. The third kappa shape index (κ3) is 4.97. The van der Waals surface area contributed by atoms with E-state index in [1.54, 1.807) is 0 Å².